The van der Waals surface area contributed by atoms with Crippen LogP contribution >= 0.6 is 0 Å². The average molecular weight is 311 g/mol. The molecule has 0 unspecified atom stereocenters. The van der Waals surface area contributed by atoms with Crippen LogP contribution in [-0.4, -0.2) is 21.0 Å². The predicted octanol–water partition coefficient (Wildman–Crippen LogP) is 2.55. The number of para-hydroxylation sites is 1. The fourth-order valence-electron chi connectivity index (χ4n) is 2.18. The number of carbonyl (C=O) groups is 1. The van der Waals surface area contributed by atoms with E-state index < -0.39 is 0 Å². The Morgan fingerprint density at radius 2 is 2.17 bits per heavy atom. The van der Waals surface area contributed by atoms with Crippen molar-refractivity contribution in [3.05, 3.63) is 65.8 Å². The van der Waals surface area contributed by atoms with Gasteiger partial charge in [0.25, 0.3) is 0 Å². The Balaban J connectivity index is 1.61. The van der Waals surface area contributed by atoms with E-state index in [4.69, 9.17) is 4.52 Å². The summed E-state index contributed by atoms with van der Waals surface area (Å²) in [6.45, 7) is 2.71. The van der Waals surface area contributed by atoms with E-state index in [1.54, 1.807) is 16.9 Å². The second-order valence-corrected chi connectivity index (χ2v) is 5.10. The van der Waals surface area contributed by atoms with Crippen LogP contribution in [0.4, 0.5) is 10.5 Å². The number of amides is 2. The molecule has 2 aromatic heterocycles. The van der Waals surface area contributed by atoms with Crippen molar-refractivity contribution in [3.63, 3.8) is 0 Å². The van der Waals surface area contributed by atoms with Gasteiger partial charge >= 0.3 is 6.03 Å². The number of carbonyl (C=O) groups excluding carboxylic acids is 1. The van der Waals surface area contributed by atoms with Crippen LogP contribution in [0.25, 0.3) is 0 Å². The van der Waals surface area contributed by atoms with Gasteiger partial charge in [0.05, 0.1) is 18.8 Å². The molecule has 0 atom stereocenters. The zero-order valence-electron chi connectivity index (χ0n) is 12.7. The summed E-state index contributed by atoms with van der Waals surface area (Å²) in [7, 11) is 0. The van der Waals surface area contributed by atoms with E-state index in [0.29, 0.717) is 12.3 Å². The lowest BCUT2D eigenvalue weighted by Gasteiger charge is -2.11. The van der Waals surface area contributed by atoms with Gasteiger partial charge in [0, 0.05) is 24.1 Å². The molecule has 0 radical (unpaired) electrons. The van der Waals surface area contributed by atoms with Crippen LogP contribution < -0.4 is 10.6 Å². The quantitative estimate of drug-likeness (QED) is 0.758. The highest BCUT2D eigenvalue weighted by molar-refractivity contribution is 5.90. The zero-order valence-corrected chi connectivity index (χ0v) is 12.7. The van der Waals surface area contributed by atoms with E-state index in [1.807, 2.05) is 43.5 Å². The summed E-state index contributed by atoms with van der Waals surface area (Å²) in [5, 5.41) is 13.5. The predicted molar refractivity (Wildman–Crippen MR) is 84.9 cm³/mol. The smallest absolute Gasteiger partial charge is 0.319 e. The number of nitrogens with one attached hydrogen (secondary N) is 2. The third-order valence-corrected chi connectivity index (χ3v) is 3.26. The molecule has 0 spiro atoms. The number of nitrogens with zero attached hydrogens (tertiary/aromatic N) is 3. The van der Waals surface area contributed by atoms with Crippen LogP contribution in [0, 0.1) is 6.92 Å². The van der Waals surface area contributed by atoms with Crippen LogP contribution in [0.1, 0.15) is 17.0 Å². The average Bonchev–Trinajstić information content (AvgIpc) is 3.19. The lowest BCUT2D eigenvalue weighted by atomic mass is 10.2. The van der Waals surface area contributed by atoms with E-state index in [0.717, 1.165) is 16.9 Å². The van der Waals surface area contributed by atoms with Gasteiger partial charge in [-0.3, -0.25) is 4.68 Å². The summed E-state index contributed by atoms with van der Waals surface area (Å²) < 4.78 is 6.86. The van der Waals surface area contributed by atoms with Gasteiger partial charge in [-0.1, -0.05) is 23.4 Å². The molecule has 23 heavy (non-hydrogen) atoms. The lowest BCUT2D eigenvalue weighted by Crippen LogP contribution is -2.28. The Bertz CT molecular complexity index is 779. The largest absolute Gasteiger partial charge is 0.359 e. The first kappa shape index (κ1) is 14.8. The normalized spacial score (nSPS) is 10.5. The lowest BCUT2D eigenvalue weighted by molar-refractivity contribution is 0.250. The standard InChI is InChI=1S/C16H17N5O2/c1-12-9-14(23-20-12)10-17-16(22)19-15-6-3-2-5-13(15)11-21-8-4-7-18-21/h2-9H,10-11H2,1H3,(H2,17,19,22). The highest BCUT2D eigenvalue weighted by atomic mass is 16.5. The van der Waals surface area contributed by atoms with Gasteiger partial charge in [0.1, 0.15) is 0 Å². The molecule has 118 valence electrons. The van der Waals surface area contributed by atoms with Crippen LogP contribution in [0.5, 0.6) is 0 Å². The van der Waals surface area contributed by atoms with Crippen molar-refractivity contribution in [3.8, 4) is 0 Å². The van der Waals surface area contributed by atoms with E-state index in [9.17, 15) is 4.79 Å². The summed E-state index contributed by atoms with van der Waals surface area (Å²) in [6, 6.07) is 11.0. The highest BCUT2D eigenvalue weighted by Gasteiger charge is 2.08. The molecule has 3 rings (SSSR count). The Morgan fingerprint density at radius 1 is 1.30 bits per heavy atom. The Labute approximate surface area is 133 Å². The number of aryl methyl sites for hydroxylation is 1. The molecular formula is C16H17N5O2. The van der Waals surface area contributed by atoms with Crippen LogP contribution in [-0.2, 0) is 13.1 Å². The SMILES string of the molecule is Cc1cc(CNC(=O)Nc2ccccc2Cn2cccn2)on1. The van der Waals surface area contributed by atoms with Crippen molar-refractivity contribution < 1.29 is 9.32 Å². The topological polar surface area (TPSA) is 85.0 Å². The molecule has 0 aliphatic carbocycles. The van der Waals surface area contributed by atoms with Gasteiger partial charge < -0.3 is 15.2 Å². The minimum absolute atomic E-state index is 0.286. The van der Waals surface area contributed by atoms with Gasteiger partial charge in [-0.15, -0.1) is 0 Å². The molecule has 3 aromatic rings. The van der Waals surface area contributed by atoms with Gasteiger partial charge in [-0.05, 0) is 24.6 Å². The van der Waals surface area contributed by atoms with Crippen molar-refractivity contribution in [2.75, 3.05) is 5.32 Å². The van der Waals surface area contributed by atoms with Crippen molar-refractivity contribution in [1.29, 1.82) is 0 Å². The summed E-state index contributed by atoms with van der Waals surface area (Å²) in [5.41, 5.74) is 2.50. The summed E-state index contributed by atoms with van der Waals surface area (Å²) in [5.74, 6) is 0.613. The number of aromatic nitrogens is 3. The molecule has 0 bridgehead atoms. The van der Waals surface area contributed by atoms with E-state index in [1.165, 1.54) is 0 Å². The zero-order chi connectivity index (χ0) is 16.1. The van der Waals surface area contributed by atoms with Crippen LogP contribution in [0.15, 0.2) is 53.3 Å². The van der Waals surface area contributed by atoms with Gasteiger partial charge in [0.2, 0.25) is 0 Å². The molecule has 7 nitrogen and oxygen atoms in total. The molecule has 0 saturated carbocycles. The molecule has 0 fully saturated rings. The van der Waals surface area contributed by atoms with Crippen LogP contribution in [0.2, 0.25) is 0 Å². The minimum atomic E-state index is -0.299. The van der Waals surface area contributed by atoms with E-state index in [2.05, 4.69) is 20.9 Å². The van der Waals surface area contributed by atoms with Crippen molar-refractivity contribution in [2.24, 2.45) is 0 Å². The molecule has 0 aliphatic rings. The Hall–Kier alpha value is -3.09. The Morgan fingerprint density at radius 3 is 2.91 bits per heavy atom. The van der Waals surface area contributed by atoms with Gasteiger partial charge in [0.15, 0.2) is 5.76 Å². The first-order chi connectivity index (χ1) is 11.2. The summed E-state index contributed by atoms with van der Waals surface area (Å²) >= 11 is 0. The second kappa shape index (κ2) is 6.78. The molecular weight excluding hydrogens is 294 g/mol. The second-order valence-electron chi connectivity index (χ2n) is 5.10. The number of hydrogen-bond donors (Lipinski definition) is 2. The first-order valence-corrected chi connectivity index (χ1v) is 7.23. The number of hydrogen-bond acceptors (Lipinski definition) is 4. The molecule has 2 amide bonds. The van der Waals surface area contributed by atoms with Gasteiger partial charge in [-0.25, -0.2) is 4.79 Å². The van der Waals surface area contributed by atoms with Crippen molar-refractivity contribution in [1.82, 2.24) is 20.3 Å². The summed E-state index contributed by atoms with van der Waals surface area (Å²) in [4.78, 5) is 12.0. The Kier molecular flexibility index (Phi) is 4.37. The maximum Gasteiger partial charge on any atom is 0.319 e. The van der Waals surface area contributed by atoms with Crippen molar-refractivity contribution in [2.45, 2.75) is 20.0 Å². The number of rotatable bonds is 5. The maximum absolute atomic E-state index is 12.0. The van der Waals surface area contributed by atoms with Crippen molar-refractivity contribution >= 4 is 11.7 Å². The first-order valence-electron chi connectivity index (χ1n) is 7.23. The molecule has 7 heteroatoms. The monoisotopic (exact) mass is 311 g/mol. The third kappa shape index (κ3) is 3.97. The molecule has 2 N–H and O–H groups in total. The van der Waals surface area contributed by atoms with E-state index in [-0.39, 0.29) is 12.6 Å². The molecule has 0 saturated heterocycles. The summed E-state index contributed by atoms with van der Waals surface area (Å²) in [6.07, 6.45) is 3.60. The number of urea groups is 1. The fourth-order valence-corrected chi connectivity index (χ4v) is 2.18. The molecule has 2 heterocycles. The molecule has 1 aromatic carbocycles. The molecule has 0 aliphatic heterocycles. The number of anilines is 1. The third-order valence-electron chi connectivity index (χ3n) is 3.26. The fraction of sp³-hybridized carbons (Fsp3) is 0.188. The number of benzene rings is 1. The van der Waals surface area contributed by atoms with E-state index >= 15 is 0 Å². The van der Waals surface area contributed by atoms with Gasteiger partial charge in [-0.2, -0.15) is 5.10 Å². The van der Waals surface area contributed by atoms with Crippen LogP contribution in [0.3, 0.4) is 0 Å². The maximum atomic E-state index is 12.0. The highest BCUT2D eigenvalue weighted by Crippen LogP contribution is 2.16. The minimum Gasteiger partial charge on any atom is -0.359 e.